The number of aromatic nitrogens is 3. The molecule has 0 fully saturated rings. The van der Waals surface area contributed by atoms with Gasteiger partial charge in [-0.15, -0.1) is 16.8 Å². The summed E-state index contributed by atoms with van der Waals surface area (Å²) in [5.74, 6) is 1.32. The molecule has 1 aromatic heterocycles. The van der Waals surface area contributed by atoms with E-state index < -0.39 is 0 Å². The first kappa shape index (κ1) is 27.2. The maximum atomic E-state index is 12.4. The van der Waals surface area contributed by atoms with Crippen molar-refractivity contribution in [2.45, 2.75) is 24.9 Å². The topological polar surface area (TPSA) is 93.4 Å². The third kappa shape index (κ3) is 8.06. The van der Waals surface area contributed by atoms with Gasteiger partial charge in [0.15, 0.2) is 11.0 Å². The number of halogens is 1. The molecule has 0 saturated heterocycles. The van der Waals surface area contributed by atoms with Gasteiger partial charge < -0.3 is 14.6 Å². The predicted octanol–water partition coefficient (Wildman–Crippen LogP) is 5.66. The van der Waals surface area contributed by atoms with Crippen molar-refractivity contribution in [3.63, 3.8) is 0 Å². The molecule has 3 aromatic carbocycles. The van der Waals surface area contributed by atoms with Crippen LogP contribution in [0.5, 0.6) is 5.75 Å². The molecule has 0 aliphatic carbocycles. The lowest BCUT2D eigenvalue weighted by Gasteiger charge is -2.09. The van der Waals surface area contributed by atoms with E-state index in [0.29, 0.717) is 30.6 Å². The highest BCUT2D eigenvalue weighted by Crippen LogP contribution is 2.20. The number of nitrogens with one attached hydrogen (secondary N) is 2. The molecular formula is C28H27BrN6O2S. The minimum atomic E-state index is -0.253. The Hall–Kier alpha value is -3.89. The Morgan fingerprint density at radius 1 is 1.05 bits per heavy atom. The molecule has 0 spiro atoms. The molecule has 0 bridgehead atoms. The molecule has 4 rings (SSSR count). The summed E-state index contributed by atoms with van der Waals surface area (Å²) in [6.07, 6.45) is 3.35. The average Bonchev–Trinajstić information content (AvgIpc) is 3.33. The molecule has 38 heavy (non-hydrogen) atoms. The lowest BCUT2D eigenvalue weighted by atomic mass is 10.2. The molecule has 0 unspecified atom stereocenters. The fourth-order valence-corrected chi connectivity index (χ4v) is 4.43. The summed E-state index contributed by atoms with van der Waals surface area (Å²) >= 11 is 4.73. The quantitative estimate of drug-likeness (QED) is 0.0903. The summed E-state index contributed by atoms with van der Waals surface area (Å²) in [7, 11) is 0. The molecule has 0 saturated carbocycles. The van der Waals surface area contributed by atoms with E-state index in [1.54, 1.807) is 12.3 Å². The molecule has 8 nitrogen and oxygen atoms in total. The highest BCUT2D eigenvalue weighted by molar-refractivity contribution is 9.10. The Labute approximate surface area is 234 Å². The van der Waals surface area contributed by atoms with Crippen LogP contribution in [0.4, 0.5) is 5.69 Å². The van der Waals surface area contributed by atoms with Crippen molar-refractivity contribution < 1.29 is 9.53 Å². The van der Waals surface area contributed by atoms with E-state index in [4.69, 9.17) is 4.74 Å². The van der Waals surface area contributed by atoms with E-state index in [-0.39, 0.29) is 11.7 Å². The van der Waals surface area contributed by atoms with Gasteiger partial charge in [-0.05, 0) is 42.0 Å². The summed E-state index contributed by atoms with van der Waals surface area (Å²) in [6, 6.07) is 25.4. The van der Waals surface area contributed by atoms with Gasteiger partial charge in [0.1, 0.15) is 12.4 Å². The SMILES string of the molecule is C=CCn1c(CNc2ccccc2)nnc1SCC(=O)N/N=C\c1ccccc1OCc1ccc(Br)cc1. The van der Waals surface area contributed by atoms with Crippen molar-refractivity contribution in [1.29, 1.82) is 0 Å². The van der Waals surface area contributed by atoms with E-state index in [1.807, 2.05) is 83.4 Å². The molecule has 0 atom stereocenters. The molecule has 0 aliphatic rings. The maximum Gasteiger partial charge on any atom is 0.250 e. The zero-order valence-corrected chi connectivity index (χ0v) is 23.0. The summed E-state index contributed by atoms with van der Waals surface area (Å²) < 4.78 is 8.91. The normalized spacial score (nSPS) is 10.9. The number of para-hydroxylation sites is 2. The fourth-order valence-electron chi connectivity index (χ4n) is 3.40. The van der Waals surface area contributed by atoms with Crippen LogP contribution in [0.15, 0.2) is 106 Å². The summed E-state index contributed by atoms with van der Waals surface area (Å²) in [5.41, 5.74) is 5.38. The first-order valence-electron chi connectivity index (χ1n) is 11.8. The number of anilines is 1. The summed E-state index contributed by atoms with van der Waals surface area (Å²) in [5, 5.41) is 16.6. The number of carbonyl (C=O) groups excluding carboxylic acids is 1. The second-order valence-corrected chi connectivity index (χ2v) is 9.91. The Balaban J connectivity index is 1.29. The molecule has 10 heteroatoms. The molecule has 1 amide bonds. The van der Waals surface area contributed by atoms with Crippen LogP contribution < -0.4 is 15.5 Å². The Morgan fingerprint density at radius 3 is 2.61 bits per heavy atom. The lowest BCUT2D eigenvalue weighted by Crippen LogP contribution is -2.20. The van der Waals surface area contributed by atoms with Crippen LogP contribution in [0, 0.1) is 0 Å². The zero-order valence-electron chi connectivity index (χ0n) is 20.6. The number of hydrazone groups is 1. The van der Waals surface area contributed by atoms with Crippen LogP contribution in [0.3, 0.4) is 0 Å². The van der Waals surface area contributed by atoms with Crippen LogP contribution in [-0.4, -0.2) is 32.6 Å². The van der Waals surface area contributed by atoms with Crippen LogP contribution in [0.1, 0.15) is 17.0 Å². The first-order chi connectivity index (χ1) is 18.6. The number of hydrogen-bond donors (Lipinski definition) is 2. The number of hydrogen-bond acceptors (Lipinski definition) is 7. The Morgan fingerprint density at radius 2 is 1.82 bits per heavy atom. The maximum absolute atomic E-state index is 12.4. The van der Waals surface area contributed by atoms with Gasteiger partial charge in [-0.1, -0.05) is 76.2 Å². The molecule has 4 aromatic rings. The summed E-state index contributed by atoms with van der Waals surface area (Å²) in [4.78, 5) is 12.4. The minimum Gasteiger partial charge on any atom is -0.488 e. The highest BCUT2D eigenvalue weighted by atomic mass is 79.9. The number of carbonyl (C=O) groups is 1. The second kappa shape index (κ2) is 14.2. The number of thioether (sulfide) groups is 1. The molecular weight excluding hydrogens is 564 g/mol. The van der Waals surface area contributed by atoms with Crippen LogP contribution in [0.25, 0.3) is 0 Å². The zero-order chi connectivity index (χ0) is 26.6. The van der Waals surface area contributed by atoms with Gasteiger partial charge in [-0.3, -0.25) is 4.79 Å². The number of benzene rings is 3. The second-order valence-electron chi connectivity index (χ2n) is 8.05. The fraction of sp³-hybridized carbons (Fsp3) is 0.143. The van der Waals surface area contributed by atoms with Crippen molar-refractivity contribution in [2.24, 2.45) is 5.10 Å². The van der Waals surface area contributed by atoms with E-state index >= 15 is 0 Å². The lowest BCUT2D eigenvalue weighted by molar-refractivity contribution is -0.118. The highest BCUT2D eigenvalue weighted by Gasteiger charge is 2.13. The summed E-state index contributed by atoms with van der Waals surface area (Å²) in [6.45, 7) is 5.30. The van der Waals surface area contributed by atoms with Gasteiger partial charge in [-0.2, -0.15) is 5.10 Å². The van der Waals surface area contributed by atoms with Crippen molar-refractivity contribution >= 4 is 45.5 Å². The van der Waals surface area contributed by atoms with Crippen LogP contribution in [-0.2, 0) is 24.5 Å². The van der Waals surface area contributed by atoms with Crippen molar-refractivity contribution in [2.75, 3.05) is 11.1 Å². The number of allylic oxidation sites excluding steroid dienone is 1. The molecule has 0 aliphatic heterocycles. The van der Waals surface area contributed by atoms with E-state index in [2.05, 4.69) is 48.6 Å². The third-order valence-electron chi connectivity index (χ3n) is 5.28. The van der Waals surface area contributed by atoms with Crippen molar-refractivity contribution in [3.8, 4) is 5.75 Å². The number of amides is 1. The third-order valence-corrected chi connectivity index (χ3v) is 6.78. The molecule has 1 heterocycles. The minimum absolute atomic E-state index is 0.139. The number of nitrogens with zero attached hydrogens (tertiary/aromatic N) is 4. The average molecular weight is 592 g/mol. The van der Waals surface area contributed by atoms with Crippen molar-refractivity contribution in [1.82, 2.24) is 20.2 Å². The smallest absolute Gasteiger partial charge is 0.250 e. The van der Waals surface area contributed by atoms with Gasteiger partial charge in [0.25, 0.3) is 5.91 Å². The predicted molar refractivity (Wildman–Crippen MR) is 155 cm³/mol. The Kier molecular flexibility index (Phi) is 10.1. The number of rotatable bonds is 13. The van der Waals surface area contributed by atoms with Gasteiger partial charge in [0, 0.05) is 22.3 Å². The largest absolute Gasteiger partial charge is 0.488 e. The molecule has 0 radical (unpaired) electrons. The van der Waals surface area contributed by atoms with Crippen molar-refractivity contribution in [3.05, 3.63) is 113 Å². The van der Waals surface area contributed by atoms with E-state index in [0.717, 1.165) is 27.1 Å². The standard InChI is InChI=1S/C28H27BrN6O2S/c1-2-16-35-26(18-30-24-9-4-3-5-10-24)32-34-28(35)38-20-27(36)33-31-17-22-8-6-7-11-25(22)37-19-21-12-14-23(29)15-13-21/h2-15,17,30H,1,16,18-20H2,(H,33,36)/b31-17-. The van der Waals surface area contributed by atoms with Gasteiger partial charge in [-0.25, -0.2) is 5.43 Å². The first-order valence-corrected chi connectivity index (χ1v) is 13.6. The molecule has 194 valence electrons. The van der Waals surface area contributed by atoms with Gasteiger partial charge in [0.2, 0.25) is 0 Å². The number of ether oxygens (including phenoxy) is 1. The van der Waals surface area contributed by atoms with Crippen LogP contribution >= 0.6 is 27.7 Å². The van der Waals surface area contributed by atoms with E-state index in [1.165, 1.54) is 11.8 Å². The van der Waals surface area contributed by atoms with Gasteiger partial charge >= 0.3 is 0 Å². The molecule has 2 N–H and O–H groups in total. The van der Waals surface area contributed by atoms with Gasteiger partial charge in [0.05, 0.1) is 18.5 Å². The van der Waals surface area contributed by atoms with E-state index in [9.17, 15) is 4.79 Å². The van der Waals surface area contributed by atoms with Crippen LogP contribution in [0.2, 0.25) is 0 Å². The monoisotopic (exact) mass is 590 g/mol. The Bertz CT molecular complexity index is 1380.